The summed E-state index contributed by atoms with van der Waals surface area (Å²) >= 11 is 0. The van der Waals surface area contributed by atoms with Gasteiger partial charge in [0, 0.05) is 87.7 Å². The predicted molar refractivity (Wildman–Crippen MR) is 413 cm³/mol. The van der Waals surface area contributed by atoms with Gasteiger partial charge in [-0.15, -0.1) is 0 Å². The molecule has 0 bridgehead atoms. The van der Waals surface area contributed by atoms with Crippen LogP contribution in [0.4, 0.5) is 13.2 Å². The van der Waals surface area contributed by atoms with Crippen LogP contribution in [-0.4, -0.2) is 131 Å². The number of aromatic nitrogens is 8. The van der Waals surface area contributed by atoms with Gasteiger partial charge in [0.15, 0.2) is 0 Å². The van der Waals surface area contributed by atoms with Crippen LogP contribution in [0.1, 0.15) is 88.1 Å². The maximum absolute atomic E-state index is 14.9. The van der Waals surface area contributed by atoms with Crippen molar-refractivity contribution in [3.8, 4) is 22.7 Å². The Hall–Kier alpha value is -10.4. The van der Waals surface area contributed by atoms with E-state index in [1.54, 1.807) is 32.2 Å². The lowest BCUT2D eigenvalue weighted by Gasteiger charge is -2.34. The molecule has 0 saturated carbocycles. The molecule has 2 atom stereocenters. The first kappa shape index (κ1) is 81.6. The highest BCUT2D eigenvalue weighted by Gasteiger charge is 2.26. The molecule has 25 nitrogen and oxygen atoms in total. The van der Waals surface area contributed by atoms with Gasteiger partial charge in [-0.05, 0) is 146 Å². The van der Waals surface area contributed by atoms with Gasteiger partial charge in [0.1, 0.15) is 34.5 Å². The van der Waals surface area contributed by atoms with E-state index in [9.17, 15) is 57.1 Å². The summed E-state index contributed by atoms with van der Waals surface area (Å²) in [5.74, 6) is -2.16. The fraction of sp³-hybridized carbons (Fsp3) is 0.215. The van der Waals surface area contributed by atoms with Crippen molar-refractivity contribution in [3.63, 3.8) is 0 Å². The third-order valence-electron chi connectivity index (χ3n) is 17.8. The van der Waals surface area contributed by atoms with Crippen molar-refractivity contribution in [1.29, 1.82) is 0 Å². The Morgan fingerprint density at radius 2 is 0.694 bits per heavy atom. The highest BCUT2D eigenvalue weighted by Crippen LogP contribution is 2.28. The number of aliphatic hydroxyl groups excluding tert-OH is 2. The molecule has 2 aliphatic rings. The summed E-state index contributed by atoms with van der Waals surface area (Å²) in [6.07, 6.45) is 7.82. The summed E-state index contributed by atoms with van der Waals surface area (Å²) in [6.45, 7) is 8.32. The zero-order valence-electron chi connectivity index (χ0n) is 60.5. The Morgan fingerprint density at radius 3 is 1.01 bits per heavy atom. The van der Waals surface area contributed by atoms with Crippen molar-refractivity contribution in [2.24, 2.45) is 20.6 Å². The van der Waals surface area contributed by atoms with Crippen LogP contribution >= 0.6 is 0 Å². The van der Waals surface area contributed by atoms with Crippen molar-refractivity contribution < 1.29 is 61.8 Å². The molecule has 1 saturated heterocycles. The largest absolute Gasteiger partial charge is 0.390 e. The highest BCUT2D eigenvalue weighted by atomic mass is 32.2. The molecule has 6 heterocycles. The first-order valence-electron chi connectivity index (χ1n) is 35.0. The molecule has 0 radical (unpaired) electrons. The Bertz CT molecular complexity index is 5700. The van der Waals surface area contributed by atoms with Crippen molar-refractivity contribution in [3.05, 3.63) is 322 Å². The molecule has 111 heavy (non-hydrogen) atoms. The lowest BCUT2D eigenvalue weighted by Crippen LogP contribution is -2.44. The number of halogens is 3. The van der Waals surface area contributed by atoms with Gasteiger partial charge in [0.25, 0.3) is 0 Å². The number of primary sulfonamides is 4. The number of hydrogen-bond acceptors (Lipinski definition) is 17. The SMILES string of the molecule is CC1CN(Cc2cc(Cc3ccccc3)n(-c3ccc(S(N)(=O)=O)cc3F)n2)CC(C)O1.NS(=O)(=O)c1ccc(-n2nc(CN3CC=CCC3)cc2Cc2ccccc2)c(F)c1.NS(=O)(=O)c1ccc(-n2nc(CO)cc2Cc2ccccc2)c(F)c1.NS(=O)(=O)c1ccc(-n2nc(CO)cc2Cc2ccccc2)cc1. The second-order valence-corrected chi connectivity index (χ2v) is 32.8. The van der Waals surface area contributed by atoms with Crippen LogP contribution in [0, 0.1) is 17.5 Å². The smallest absolute Gasteiger partial charge is 0.238 e. The standard InChI is InChI=1S/C23H27FN4O3S.C22H23FN4O2S.C17H16FN3O3S.C17H17N3O3S/c1-16-13-27(14-17(2)31-16)15-19-11-20(10-18-6-4-3-5-7-18)28(26-19)23-9-8-21(12-22(23)24)32(25,29)30;23-21-15-20(30(24,28)29)9-10-22(21)27-19(13-17-7-3-1-4-8-17)14-18(25-27)16-26-11-5-2-6-12-26;18-16-10-15(25(19,23)24)6-7-17(16)21-14(9-13(11-22)20-21)8-12-4-2-1-3-5-12;18-24(22,23)17-8-6-15(7-9-17)20-16(11-14(12-21)19-20)10-13-4-2-1-3-5-13/h3-9,11-12,16-17H,10,13-15H2,1-2H3,(H2,25,29,30);1-5,7-10,14-15H,6,11-13,16H2,(H2,24,28,29);1-7,9-10,22H,8,11H2,(H2,19,23,24);1-9,11,21H,10,12H2,(H2,18,22,23). The average molecular weight is 1590 g/mol. The molecule has 14 rings (SSSR count). The summed E-state index contributed by atoms with van der Waals surface area (Å²) in [7, 11) is -15.7. The summed E-state index contributed by atoms with van der Waals surface area (Å²) < 4.78 is 148. The third kappa shape index (κ3) is 22.2. The average Bonchev–Trinajstić information content (AvgIpc) is 1.72. The lowest BCUT2D eigenvalue weighted by molar-refractivity contribution is -0.0707. The van der Waals surface area contributed by atoms with Crippen molar-refractivity contribution >= 4 is 40.1 Å². The number of ether oxygens (including phenoxy) is 1. The molecule has 0 amide bonds. The van der Waals surface area contributed by atoms with Crippen LogP contribution < -0.4 is 20.6 Å². The molecular formula is C79H83F3N14O11S4. The number of benzene rings is 8. The molecular weight excluding hydrogens is 1510 g/mol. The molecule has 1 fully saturated rings. The zero-order valence-corrected chi connectivity index (χ0v) is 63.7. The van der Waals surface area contributed by atoms with E-state index in [-0.39, 0.29) is 62.1 Å². The molecule has 0 aliphatic carbocycles. The van der Waals surface area contributed by atoms with E-state index < -0.39 is 57.5 Å². The zero-order chi connectivity index (χ0) is 79.2. The summed E-state index contributed by atoms with van der Waals surface area (Å²) in [4.78, 5) is 3.75. The van der Waals surface area contributed by atoms with E-state index in [4.69, 9.17) is 25.3 Å². The second-order valence-electron chi connectivity index (χ2n) is 26.6. The number of nitrogens with two attached hydrogens (primary N) is 4. The van der Waals surface area contributed by atoms with Gasteiger partial charge in [-0.2, -0.15) is 20.4 Å². The lowest BCUT2D eigenvalue weighted by atomic mass is 10.1. The molecule has 8 aromatic carbocycles. The normalized spacial score (nSPS) is 14.9. The van der Waals surface area contributed by atoms with Crippen molar-refractivity contribution in [2.75, 3.05) is 26.2 Å². The van der Waals surface area contributed by atoms with Gasteiger partial charge in [-0.25, -0.2) is 86.1 Å². The highest BCUT2D eigenvalue weighted by molar-refractivity contribution is 7.90. The van der Waals surface area contributed by atoms with Crippen LogP contribution in [0.15, 0.2) is 256 Å². The van der Waals surface area contributed by atoms with Crippen LogP contribution in [0.25, 0.3) is 22.7 Å². The Labute approximate surface area is 642 Å². The predicted octanol–water partition coefficient (Wildman–Crippen LogP) is 9.21. The minimum Gasteiger partial charge on any atom is -0.390 e. The topological polar surface area (TPSA) is 368 Å². The first-order chi connectivity index (χ1) is 52.9. The van der Waals surface area contributed by atoms with Crippen molar-refractivity contribution in [1.82, 2.24) is 48.9 Å². The van der Waals surface area contributed by atoms with E-state index in [2.05, 4.69) is 42.3 Å². The number of aliphatic hydroxyl groups is 2. The fourth-order valence-electron chi connectivity index (χ4n) is 12.8. The molecule has 4 aromatic heterocycles. The van der Waals surface area contributed by atoms with Gasteiger partial charge >= 0.3 is 0 Å². The summed E-state index contributed by atoms with van der Waals surface area (Å²) in [5, 5.41) is 57.0. The minimum atomic E-state index is -4.00. The Morgan fingerprint density at radius 1 is 0.387 bits per heavy atom. The van der Waals surface area contributed by atoms with Gasteiger partial charge in [0.2, 0.25) is 40.1 Å². The maximum atomic E-state index is 14.9. The minimum absolute atomic E-state index is 0.0467. The van der Waals surface area contributed by atoms with Gasteiger partial charge < -0.3 is 14.9 Å². The second kappa shape index (κ2) is 36.2. The van der Waals surface area contributed by atoms with Crippen LogP contribution in [0.3, 0.4) is 0 Å². The van der Waals surface area contributed by atoms with E-state index in [0.717, 1.165) is 102 Å². The summed E-state index contributed by atoms with van der Waals surface area (Å²) in [5.41, 5.74) is 11.2. The molecule has 12 aromatic rings. The Balaban J connectivity index is 0.000000148. The van der Waals surface area contributed by atoms with E-state index in [1.165, 1.54) is 53.2 Å². The summed E-state index contributed by atoms with van der Waals surface area (Å²) in [6, 6.07) is 63.5. The number of hydrogen-bond donors (Lipinski definition) is 6. The van der Waals surface area contributed by atoms with Gasteiger partial charge in [-0.3, -0.25) is 9.80 Å². The number of nitrogens with zero attached hydrogens (tertiary/aromatic N) is 10. The Kier molecular flexibility index (Phi) is 26.6. The molecule has 10 N–H and O–H groups in total. The quantitative estimate of drug-likeness (QED) is 0.0344. The van der Waals surface area contributed by atoms with Crippen LogP contribution in [0.5, 0.6) is 0 Å². The number of sulfonamides is 4. The van der Waals surface area contributed by atoms with Crippen molar-refractivity contribution in [2.45, 2.75) is 104 Å². The molecule has 2 aliphatic heterocycles. The number of rotatable bonds is 22. The maximum Gasteiger partial charge on any atom is 0.238 e. The van der Waals surface area contributed by atoms with E-state index in [0.29, 0.717) is 61.5 Å². The van der Waals surface area contributed by atoms with E-state index in [1.807, 2.05) is 153 Å². The molecule has 0 spiro atoms. The fourth-order valence-corrected chi connectivity index (χ4v) is 14.9. The van der Waals surface area contributed by atoms with Crippen LogP contribution in [0.2, 0.25) is 0 Å². The molecule has 580 valence electrons. The first-order valence-corrected chi connectivity index (χ1v) is 41.2. The van der Waals surface area contributed by atoms with Gasteiger partial charge in [-0.1, -0.05) is 133 Å². The van der Waals surface area contributed by atoms with E-state index >= 15 is 0 Å². The third-order valence-corrected chi connectivity index (χ3v) is 21.5. The number of morpholine rings is 1. The van der Waals surface area contributed by atoms with Gasteiger partial charge in [0.05, 0.1) is 73.5 Å². The molecule has 32 heteroatoms. The monoisotopic (exact) mass is 1590 g/mol. The van der Waals surface area contributed by atoms with Crippen LogP contribution in [-0.2, 0) is 96.8 Å². The molecule has 2 unspecified atom stereocenters.